The third-order valence-corrected chi connectivity index (χ3v) is 3.05. The molecule has 0 aromatic heterocycles. The summed E-state index contributed by atoms with van der Waals surface area (Å²) >= 11 is 0. The Kier molecular flexibility index (Phi) is 2.31. The lowest BCUT2D eigenvalue weighted by Crippen LogP contribution is -2.31. The topological polar surface area (TPSA) is 3.24 Å². The number of nitrogens with zero attached hydrogens (tertiary/aromatic N) is 1. The standard InChI is InChI=1S/C9H15F2N/c10-8-5-12(6-9(8)11)7-3-1-2-4-7/h7-9H,1-6H2. The molecule has 1 aliphatic carbocycles. The van der Waals surface area contributed by atoms with Crippen LogP contribution in [0.4, 0.5) is 8.78 Å². The van der Waals surface area contributed by atoms with Crippen molar-refractivity contribution in [3.05, 3.63) is 0 Å². The molecule has 1 nitrogen and oxygen atoms in total. The van der Waals surface area contributed by atoms with Gasteiger partial charge in [-0.15, -0.1) is 0 Å². The lowest BCUT2D eigenvalue weighted by molar-refractivity contribution is 0.217. The van der Waals surface area contributed by atoms with Gasteiger partial charge in [0.1, 0.15) is 12.3 Å². The second-order valence-corrected chi connectivity index (χ2v) is 3.92. The molecule has 0 aromatic rings. The Morgan fingerprint density at radius 2 is 1.42 bits per heavy atom. The minimum atomic E-state index is -1.23. The van der Waals surface area contributed by atoms with E-state index in [0.717, 1.165) is 12.8 Å². The molecular weight excluding hydrogens is 160 g/mol. The van der Waals surface area contributed by atoms with E-state index in [1.165, 1.54) is 12.8 Å². The lowest BCUT2D eigenvalue weighted by atomic mass is 10.2. The first-order valence-electron chi connectivity index (χ1n) is 4.79. The van der Waals surface area contributed by atoms with E-state index in [2.05, 4.69) is 0 Å². The Balaban J connectivity index is 1.89. The Bertz CT molecular complexity index is 147. The molecule has 2 atom stereocenters. The van der Waals surface area contributed by atoms with Gasteiger partial charge in [-0.25, -0.2) is 8.78 Å². The van der Waals surface area contributed by atoms with Gasteiger partial charge in [0, 0.05) is 19.1 Å². The van der Waals surface area contributed by atoms with Gasteiger partial charge in [-0.3, -0.25) is 4.90 Å². The van der Waals surface area contributed by atoms with Crippen LogP contribution in [0.25, 0.3) is 0 Å². The molecule has 0 bridgehead atoms. The number of rotatable bonds is 1. The molecule has 12 heavy (non-hydrogen) atoms. The van der Waals surface area contributed by atoms with Crippen molar-refractivity contribution in [2.24, 2.45) is 0 Å². The number of halogens is 2. The molecular formula is C9H15F2N. The van der Waals surface area contributed by atoms with Gasteiger partial charge in [-0.2, -0.15) is 0 Å². The van der Waals surface area contributed by atoms with Crippen molar-refractivity contribution in [1.82, 2.24) is 4.90 Å². The SMILES string of the molecule is FC1CN(C2CCCC2)CC1F. The van der Waals surface area contributed by atoms with Gasteiger partial charge in [0.2, 0.25) is 0 Å². The Hall–Kier alpha value is -0.180. The molecule has 2 rings (SSSR count). The van der Waals surface area contributed by atoms with Crippen molar-refractivity contribution in [2.45, 2.75) is 44.1 Å². The average molecular weight is 175 g/mol. The number of hydrogen-bond acceptors (Lipinski definition) is 1. The van der Waals surface area contributed by atoms with Crippen LogP contribution >= 0.6 is 0 Å². The second-order valence-electron chi connectivity index (χ2n) is 3.92. The van der Waals surface area contributed by atoms with Gasteiger partial charge in [-0.05, 0) is 12.8 Å². The molecule has 2 aliphatic rings. The number of alkyl halides is 2. The minimum absolute atomic E-state index is 0.325. The summed E-state index contributed by atoms with van der Waals surface area (Å²) in [6.45, 7) is 0.650. The highest BCUT2D eigenvalue weighted by Crippen LogP contribution is 2.28. The summed E-state index contributed by atoms with van der Waals surface area (Å²) in [5.74, 6) is 0. The minimum Gasteiger partial charge on any atom is -0.294 e. The van der Waals surface area contributed by atoms with Gasteiger partial charge >= 0.3 is 0 Å². The molecule has 70 valence electrons. The van der Waals surface area contributed by atoms with Crippen molar-refractivity contribution in [1.29, 1.82) is 0 Å². The van der Waals surface area contributed by atoms with Crippen molar-refractivity contribution in [3.8, 4) is 0 Å². The predicted molar refractivity (Wildman–Crippen MR) is 43.6 cm³/mol. The van der Waals surface area contributed by atoms with E-state index >= 15 is 0 Å². The molecule has 2 fully saturated rings. The maximum absolute atomic E-state index is 12.8. The average Bonchev–Trinajstić information content (AvgIpc) is 2.61. The fourth-order valence-corrected chi connectivity index (χ4v) is 2.32. The van der Waals surface area contributed by atoms with Gasteiger partial charge in [-0.1, -0.05) is 12.8 Å². The van der Waals surface area contributed by atoms with Crippen LogP contribution in [0.5, 0.6) is 0 Å². The van der Waals surface area contributed by atoms with E-state index in [1.54, 1.807) is 0 Å². The fourth-order valence-electron chi connectivity index (χ4n) is 2.32. The van der Waals surface area contributed by atoms with Crippen molar-refractivity contribution >= 4 is 0 Å². The van der Waals surface area contributed by atoms with Crippen molar-refractivity contribution in [2.75, 3.05) is 13.1 Å². The monoisotopic (exact) mass is 175 g/mol. The first kappa shape index (κ1) is 8.42. The zero-order chi connectivity index (χ0) is 8.55. The van der Waals surface area contributed by atoms with Crippen LogP contribution in [-0.4, -0.2) is 36.4 Å². The van der Waals surface area contributed by atoms with Crippen LogP contribution < -0.4 is 0 Å². The maximum Gasteiger partial charge on any atom is 0.145 e. The summed E-state index contributed by atoms with van der Waals surface area (Å²) in [5, 5.41) is 0. The maximum atomic E-state index is 12.8. The Morgan fingerprint density at radius 3 is 1.92 bits per heavy atom. The van der Waals surface area contributed by atoms with E-state index in [9.17, 15) is 8.78 Å². The summed E-state index contributed by atoms with van der Waals surface area (Å²) in [6, 6.07) is 0.476. The second kappa shape index (κ2) is 3.29. The Labute approximate surface area is 71.7 Å². The number of likely N-dealkylation sites (tertiary alicyclic amines) is 1. The highest BCUT2D eigenvalue weighted by molar-refractivity contribution is 4.89. The molecule has 0 N–H and O–H groups in total. The predicted octanol–water partition coefficient (Wildman–Crippen LogP) is 1.92. The summed E-state index contributed by atoms with van der Waals surface area (Å²) in [5.41, 5.74) is 0. The lowest BCUT2D eigenvalue weighted by Gasteiger charge is -2.21. The van der Waals surface area contributed by atoms with Crippen LogP contribution in [0, 0.1) is 0 Å². The third-order valence-electron chi connectivity index (χ3n) is 3.05. The van der Waals surface area contributed by atoms with Crippen LogP contribution in [0.1, 0.15) is 25.7 Å². The summed E-state index contributed by atoms with van der Waals surface area (Å²) in [6.07, 6.45) is 2.28. The van der Waals surface area contributed by atoms with Crippen molar-refractivity contribution in [3.63, 3.8) is 0 Å². The largest absolute Gasteiger partial charge is 0.294 e. The van der Waals surface area contributed by atoms with Crippen molar-refractivity contribution < 1.29 is 8.78 Å². The molecule has 0 radical (unpaired) electrons. The first-order valence-corrected chi connectivity index (χ1v) is 4.79. The first-order chi connectivity index (χ1) is 5.77. The van der Waals surface area contributed by atoms with Gasteiger partial charge in [0.05, 0.1) is 0 Å². The molecule has 1 saturated heterocycles. The van der Waals surface area contributed by atoms with Gasteiger partial charge in [0.15, 0.2) is 0 Å². The third kappa shape index (κ3) is 1.47. The molecule has 1 saturated carbocycles. The van der Waals surface area contributed by atoms with E-state index in [4.69, 9.17) is 0 Å². The van der Waals surface area contributed by atoms with Crippen LogP contribution in [0.2, 0.25) is 0 Å². The molecule has 2 unspecified atom stereocenters. The van der Waals surface area contributed by atoms with E-state index in [-0.39, 0.29) is 0 Å². The summed E-state index contributed by atoms with van der Waals surface area (Å²) < 4.78 is 25.6. The summed E-state index contributed by atoms with van der Waals surface area (Å²) in [4.78, 5) is 1.99. The Morgan fingerprint density at radius 1 is 0.917 bits per heavy atom. The van der Waals surface area contributed by atoms with E-state index < -0.39 is 12.3 Å². The number of hydrogen-bond donors (Lipinski definition) is 0. The highest BCUT2D eigenvalue weighted by Gasteiger charge is 2.36. The molecule has 1 aliphatic heterocycles. The van der Waals surface area contributed by atoms with Gasteiger partial charge < -0.3 is 0 Å². The smallest absolute Gasteiger partial charge is 0.145 e. The molecule has 0 amide bonds. The van der Waals surface area contributed by atoms with Crippen LogP contribution in [0.3, 0.4) is 0 Å². The molecule has 1 heterocycles. The fraction of sp³-hybridized carbons (Fsp3) is 1.00. The molecule has 3 heteroatoms. The van der Waals surface area contributed by atoms with Crippen LogP contribution in [-0.2, 0) is 0 Å². The quantitative estimate of drug-likeness (QED) is 0.588. The molecule has 0 spiro atoms. The van der Waals surface area contributed by atoms with Gasteiger partial charge in [0.25, 0.3) is 0 Å². The highest BCUT2D eigenvalue weighted by atomic mass is 19.2. The van der Waals surface area contributed by atoms with E-state index in [1.807, 2.05) is 4.90 Å². The molecule has 0 aromatic carbocycles. The normalized spacial score (nSPS) is 39.5. The zero-order valence-electron chi connectivity index (χ0n) is 7.18. The van der Waals surface area contributed by atoms with Crippen LogP contribution in [0.15, 0.2) is 0 Å². The summed E-state index contributed by atoms with van der Waals surface area (Å²) in [7, 11) is 0. The van der Waals surface area contributed by atoms with E-state index in [0.29, 0.717) is 19.1 Å². The zero-order valence-corrected chi connectivity index (χ0v) is 7.18.